The van der Waals surface area contributed by atoms with Crippen molar-refractivity contribution in [3.8, 4) is 0 Å². The van der Waals surface area contributed by atoms with E-state index in [1.807, 2.05) is 91.0 Å². The number of nitrogens with two attached hydrogens (primary N) is 1. The van der Waals surface area contributed by atoms with Crippen molar-refractivity contribution < 1.29 is 43.4 Å². The Balaban J connectivity index is 1.07. The van der Waals surface area contributed by atoms with Crippen molar-refractivity contribution in [3.05, 3.63) is 161 Å². The number of nitrogen functional groups attached to an aromatic ring is 1. The highest BCUT2D eigenvalue weighted by Crippen LogP contribution is 2.54. The normalized spacial score (nSPS) is 21.8. The number of carbonyl (C=O) groups is 5. The number of ether oxygens (including phenoxy) is 2. The second-order valence-electron chi connectivity index (χ2n) is 15.2. The zero-order valence-electron chi connectivity index (χ0n) is 34.5. The second kappa shape index (κ2) is 17.4. The lowest BCUT2D eigenvalue weighted by Crippen LogP contribution is -2.71. The molecule has 3 atom stereocenters. The molecule has 4 saturated heterocycles. The molecule has 6 heterocycles. The van der Waals surface area contributed by atoms with Crippen molar-refractivity contribution in [2.45, 2.75) is 29.3 Å². The van der Waals surface area contributed by atoms with Gasteiger partial charge in [0.15, 0.2) is 5.13 Å². The van der Waals surface area contributed by atoms with Crippen LogP contribution in [0.2, 0.25) is 0 Å². The van der Waals surface area contributed by atoms with Gasteiger partial charge in [0.1, 0.15) is 17.1 Å². The molecule has 0 spiro atoms. The average molecular weight is 916 g/mol. The van der Waals surface area contributed by atoms with Crippen LogP contribution in [0.25, 0.3) is 0 Å². The molecule has 5 aliphatic heterocycles. The predicted molar refractivity (Wildman–Crippen MR) is 238 cm³/mol. The highest BCUT2D eigenvalue weighted by Gasteiger charge is 2.71. The van der Waals surface area contributed by atoms with Crippen molar-refractivity contribution in [1.29, 1.82) is 0 Å². The number of hydrogen-bond acceptors (Lipinski definition) is 14. The van der Waals surface area contributed by atoms with Gasteiger partial charge in [0.25, 0.3) is 17.7 Å². The molecule has 9 rings (SSSR count). The zero-order chi connectivity index (χ0) is 45.5. The van der Waals surface area contributed by atoms with E-state index >= 15 is 0 Å². The molecule has 4 aromatic rings. The average Bonchev–Trinajstić information content (AvgIpc) is 3.66. The van der Waals surface area contributed by atoms with E-state index in [4.69, 9.17) is 20.0 Å². The number of hydrogen-bond donors (Lipinski definition) is 4. The Bertz CT molecular complexity index is 2580. The number of carbonyl (C=O) groups excluding carboxylic acids is 4. The number of amides is 5. The number of oxime groups is 1. The molecule has 0 saturated carbocycles. The molecule has 0 unspecified atom stereocenters. The number of aromatic nitrogens is 2. The van der Waals surface area contributed by atoms with Gasteiger partial charge in [-0.2, -0.15) is 14.4 Å². The molecule has 5 amide bonds. The first-order valence-electron chi connectivity index (χ1n) is 20.4. The number of nitrogens with one attached hydrogen (secondary N) is 2. The van der Waals surface area contributed by atoms with Gasteiger partial charge in [0.2, 0.25) is 23.0 Å². The molecular formula is C45H41N9O9S2. The van der Waals surface area contributed by atoms with Gasteiger partial charge in [-0.05, 0) is 17.6 Å². The largest absolute Gasteiger partial charge is 0.477 e. The van der Waals surface area contributed by atoms with E-state index in [0.717, 1.165) is 16.4 Å². The van der Waals surface area contributed by atoms with Gasteiger partial charge in [-0.3, -0.25) is 19.3 Å². The SMILES string of the molecule is C=CCOC1(OCC=C)[C@H](/C(C2=C(C(=O)O)N3C(=O)[C@@H](NC(=O)/C(=N\OC(c4ccccc4)(c4ccccc4)c4ccccc4)c4nsc(N)n4)[C@H]3SC2)=C2/CCNC2=O)CN2C(=O)N21. The number of carboxylic acids is 1. The number of thioether (sulfide) groups is 1. The van der Waals surface area contributed by atoms with Crippen LogP contribution < -0.4 is 16.4 Å². The number of carboxylic acid groups (broad SMARTS) is 1. The van der Waals surface area contributed by atoms with Gasteiger partial charge in [0, 0.05) is 46.1 Å². The summed E-state index contributed by atoms with van der Waals surface area (Å²) in [5.74, 6) is -6.36. The smallest absolute Gasteiger partial charge is 0.362 e. The van der Waals surface area contributed by atoms with Crippen molar-refractivity contribution in [2.24, 2.45) is 11.1 Å². The van der Waals surface area contributed by atoms with E-state index in [0.29, 0.717) is 16.7 Å². The summed E-state index contributed by atoms with van der Waals surface area (Å²) in [7, 11) is 0. The Hall–Kier alpha value is -7.13. The third-order valence-electron chi connectivity index (χ3n) is 11.6. The third-order valence-corrected chi connectivity index (χ3v) is 13.4. The number of β-lactam (4-membered cyclic amide) rings is 1. The van der Waals surface area contributed by atoms with Crippen molar-refractivity contribution >= 4 is 63.9 Å². The number of benzene rings is 3. The summed E-state index contributed by atoms with van der Waals surface area (Å²) in [6.07, 6.45) is 3.19. The summed E-state index contributed by atoms with van der Waals surface area (Å²) >= 11 is 2.02. The summed E-state index contributed by atoms with van der Waals surface area (Å²) in [5, 5.41) is 22.7. The topological polar surface area (TPSA) is 231 Å². The molecule has 5 aliphatic rings. The molecule has 20 heteroatoms. The lowest BCUT2D eigenvalue weighted by atomic mass is 9.80. The Kier molecular flexibility index (Phi) is 11.6. The fraction of sp³-hybridized carbons (Fsp3) is 0.244. The minimum atomic E-state index is -1.79. The zero-order valence-corrected chi connectivity index (χ0v) is 36.1. The van der Waals surface area contributed by atoms with E-state index in [2.05, 4.69) is 38.3 Å². The number of aliphatic carboxylic acids is 1. The number of fused-ring (bicyclic) bond motifs is 2. The summed E-state index contributed by atoms with van der Waals surface area (Å²) in [5.41, 5.74) is 6.64. The third kappa shape index (κ3) is 7.33. The van der Waals surface area contributed by atoms with Gasteiger partial charge in [-0.1, -0.05) is 108 Å². The number of hydrazine groups is 1. The van der Waals surface area contributed by atoms with Crippen LogP contribution in [-0.2, 0) is 39.1 Å². The Labute approximate surface area is 380 Å². The van der Waals surface area contributed by atoms with Crippen molar-refractivity contribution in [1.82, 2.24) is 34.9 Å². The summed E-state index contributed by atoms with van der Waals surface area (Å²) < 4.78 is 16.7. The molecule has 4 fully saturated rings. The minimum Gasteiger partial charge on any atom is -0.477 e. The van der Waals surface area contributed by atoms with Crippen LogP contribution in [0.3, 0.4) is 0 Å². The molecule has 3 aromatic carbocycles. The highest BCUT2D eigenvalue weighted by molar-refractivity contribution is 8.00. The quantitative estimate of drug-likeness (QED) is 0.0173. The van der Waals surface area contributed by atoms with Gasteiger partial charge < -0.3 is 35.8 Å². The van der Waals surface area contributed by atoms with Crippen LogP contribution in [0.5, 0.6) is 0 Å². The van der Waals surface area contributed by atoms with Gasteiger partial charge in [-0.25, -0.2) is 14.6 Å². The maximum atomic E-state index is 14.5. The summed E-state index contributed by atoms with van der Waals surface area (Å²) in [6, 6.07) is 26.4. The number of rotatable bonds is 17. The molecule has 65 heavy (non-hydrogen) atoms. The first-order valence-corrected chi connectivity index (χ1v) is 22.2. The summed E-state index contributed by atoms with van der Waals surface area (Å²) in [4.78, 5) is 80.6. The van der Waals surface area contributed by atoms with E-state index in [9.17, 15) is 29.1 Å². The number of anilines is 1. The highest BCUT2D eigenvalue weighted by atomic mass is 32.2. The molecule has 1 aromatic heterocycles. The van der Waals surface area contributed by atoms with E-state index < -0.39 is 52.5 Å². The molecular weight excluding hydrogens is 875 g/mol. The Morgan fingerprint density at radius 2 is 1.57 bits per heavy atom. The molecule has 18 nitrogen and oxygen atoms in total. The molecule has 5 N–H and O–H groups in total. The maximum absolute atomic E-state index is 14.5. The maximum Gasteiger partial charge on any atom is 0.362 e. The standard InChI is InChI=1S/C45H41N9O9S2/c1-3-22-61-45(62-23-4-2)31(24-52-43(60)54(45)52)32(29-20-21-47-37(29)55)30-25-64-40-34(39(57)53(40)35(30)41(58)59)48-38(56)33(36-49-42(46)65-51-36)50-63-44(26-14-8-5-9-15-26,27-16-10-6-11-17-27)28-18-12-7-13-19-28/h3-19,31,34,40H,1-2,20-25H2,(H,47,55)(H,48,56)(H,58,59)(H2,46,49,51)/b32-29-,50-33-/t31-,34+,40+,52?,54?/m0/s1. The van der Waals surface area contributed by atoms with Gasteiger partial charge in [0.05, 0.1) is 25.7 Å². The Morgan fingerprint density at radius 1 is 0.969 bits per heavy atom. The summed E-state index contributed by atoms with van der Waals surface area (Å²) in [6.45, 7) is 7.64. The van der Waals surface area contributed by atoms with Crippen LogP contribution in [0.1, 0.15) is 28.9 Å². The molecule has 0 bridgehead atoms. The van der Waals surface area contributed by atoms with E-state index in [1.165, 1.54) is 33.9 Å². The van der Waals surface area contributed by atoms with Crippen LogP contribution in [0.4, 0.5) is 9.93 Å². The van der Waals surface area contributed by atoms with Crippen LogP contribution >= 0.6 is 23.3 Å². The predicted octanol–water partition coefficient (Wildman–Crippen LogP) is 3.73. The minimum absolute atomic E-state index is 0.00416. The lowest BCUT2D eigenvalue weighted by molar-refractivity contribution is -0.290. The molecule has 0 aliphatic carbocycles. The van der Waals surface area contributed by atoms with Crippen molar-refractivity contribution in [3.63, 3.8) is 0 Å². The molecule has 332 valence electrons. The van der Waals surface area contributed by atoms with Gasteiger partial charge in [-0.15, -0.1) is 24.9 Å². The number of urea groups is 1. The van der Waals surface area contributed by atoms with E-state index in [1.54, 1.807) is 0 Å². The second-order valence-corrected chi connectivity index (χ2v) is 17.1. The first kappa shape index (κ1) is 43.1. The fourth-order valence-corrected chi connectivity index (χ4v) is 10.6. The Morgan fingerprint density at radius 3 is 2.08 bits per heavy atom. The van der Waals surface area contributed by atoms with Crippen LogP contribution in [0, 0.1) is 5.92 Å². The van der Waals surface area contributed by atoms with Gasteiger partial charge >= 0.3 is 12.0 Å². The monoisotopic (exact) mass is 915 g/mol. The van der Waals surface area contributed by atoms with Crippen molar-refractivity contribution in [2.75, 3.05) is 37.8 Å². The first-order chi connectivity index (χ1) is 31.5. The fourth-order valence-electron chi connectivity index (χ4n) is 8.77. The van der Waals surface area contributed by atoms with Crippen LogP contribution in [0.15, 0.2) is 144 Å². The molecule has 0 radical (unpaired) electrons. The van der Waals surface area contributed by atoms with Crippen LogP contribution in [-0.4, -0.2) is 114 Å². The van der Waals surface area contributed by atoms with E-state index in [-0.39, 0.29) is 83.6 Å². The lowest BCUT2D eigenvalue weighted by Gasteiger charge is -2.50. The number of nitrogens with zero attached hydrogens (tertiary/aromatic N) is 6.